The van der Waals surface area contributed by atoms with Crippen LogP contribution in [-0.2, 0) is 16.7 Å². The van der Waals surface area contributed by atoms with E-state index in [1.807, 2.05) is 42.5 Å². The van der Waals surface area contributed by atoms with E-state index in [2.05, 4.69) is 38.3 Å². The first-order chi connectivity index (χ1) is 14.1. The summed E-state index contributed by atoms with van der Waals surface area (Å²) < 4.78 is 5.09. The van der Waals surface area contributed by atoms with Crippen molar-refractivity contribution in [3.05, 3.63) is 64.0 Å². The van der Waals surface area contributed by atoms with Crippen LogP contribution in [0.5, 0.6) is 0 Å². The molecule has 0 atom stereocenters. The van der Waals surface area contributed by atoms with Crippen LogP contribution in [0.2, 0.25) is 0 Å². The Hall–Kier alpha value is -2.70. The fraction of sp³-hybridized carbons (Fsp3) is 0.333. The van der Waals surface area contributed by atoms with Gasteiger partial charge in [0, 0.05) is 12.0 Å². The molecule has 1 aliphatic rings. The fourth-order valence-electron chi connectivity index (χ4n) is 4.62. The van der Waals surface area contributed by atoms with Crippen LogP contribution in [-0.4, -0.2) is 24.5 Å². The second kappa shape index (κ2) is 7.22. The lowest BCUT2D eigenvalue weighted by atomic mass is 9.81. The highest BCUT2D eigenvalue weighted by molar-refractivity contribution is 7.17. The molecule has 0 saturated heterocycles. The SMILES string of the molecule is COC(=O)c1c(NC(=O)c2ccc3ccccc3c2)sc2c1CC(C)(C)[NH2+]C2(C)C. The lowest BCUT2D eigenvalue weighted by Crippen LogP contribution is -3.03. The van der Waals surface area contributed by atoms with Gasteiger partial charge in [-0.2, -0.15) is 0 Å². The van der Waals surface area contributed by atoms with Crippen molar-refractivity contribution in [2.75, 3.05) is 12.4 Å². The third-order valence-corrected chi connectivity index (χ3v) is 7.09. The van der Waals surface area contributed by atoms with Gasteiger partial charge in [0.2, 0.25) is 0 Å². The lowest BCUT2D eigenvalue weighted by Gasteiger charge is -2.38. The number of amides is 1. The van der Waals surface area contributed by atoms with Gasteiger partial charge in [-0.05, 0) is 56.2 Å². The van der Waals surface area contributed by atoms with Gasteiger partial charge < -0.3 is 15.4 Å². The van der Waals surface area contributed by atoms with Crippen LogP contribution in [0.15, 0.2) is 42.5 Å². The van der Waals surface area contributed by atoms with Gasteiger partial charge in [0.25, 0.3) is 5.91 Å². The summed E-state index contributed by atoms with van der Waals surface area (Å²) in [5.74, 6) is -0.639. The molecule has 1 aromatic heterocycles. The standard InChI is InChI=1S/C24H26N2O3S/c1-23(2)13-17-18(22(28)29-5)21(30-19(17)24(3,4)26-23)25-20(27)16-11-10-14-8-6-7-9-15(14)12-16/h6-12,26H,13H2,1-5H3,(H,25,27)/p+1. The summed E-state index contributed by atoms with van der Waals surface area (Å²) in [6.07, 6.45) is 0.735. The van der Waals surface area contributed by atoms with Crippen LogP contribution in [0.25, 0.3) is 10.8 Å². The van der Waals surface area contributed by atoms with E-state index >= 15 is 0 Å². The maximum Gasteiger partial charge on any atom is 0.341 e. The van der Waals surface area contributed by atoms with Crippen molar-refractivity contribution in [3.8, 4) is 0 Å². The highest BCUT2D eigenvalue weighted by atomic mass is 32.1. The summed E-state index contributed by atoms with van der Waals surface area (Å²) in [4.78, 5) is 26.9. The topological polar surface area (TPSA) is 72.0 Å². The second-order valence-corrected chi connectivity index (χ2v) is 10.2. The Morgan fingerprint density at radius 3 is 2.47 bits per heavy atom. The van der Waals surface area contributed by atoms with Gasteiger partial charge in [-0.25, -0.2) is 4.79 Å². The molecule has 0 fully saturated rings. The Bertz CT molecular complexity index is 1160. The molecule has 3 N–H and O–H groups in total. The molecule has 0 radical (unpaired) electrons. The third kappa shape index (κ3) is 3.61. The maximum atomic E-state index is 13.1. The molecule has 6 heteroatoms. The van der Waals surface area contributed by atoms with E-state index in [1.165, 1.54) is 18.4 Å². The summed E-state index contributed by atoms with van der Waals surface area (Å²) in [5, 5.41) is 7.96. The number of quaternary nitrogens is 1. The first-order valence-corrected chi connectivity index (χ1v) is 10.8. The van der Waals surface area contributed by atoms with E-state index < -0.39 is 5.97 Å². The van der Waals surface area contributed by atoms with Crippen molar-refractivity contribution >= 4 is 39.0 Å². The number of anilines is 1. The van der Waals surface area contributed by atoms with Crippen LogP contribution in [0, 0.1) is 0 Å². The molecule has 3 aromatic rings. The predicted octanol–water partition coefficient (Wildman–Crippen LogP) is 4.07. The van der Waals surface area contributed by atoms with Gasteiger partial charge in [-0.3, -0.25) is 4.79 Å². The number of benzene rings is 2. The van der Waals surface area contributed by atoms with Crippen molar-refractivity contribution in [3.63, 3.8) is 0 Å². The summed E-state index contributed by atoms with van der Waals surface area (Å²) >= 11 is 1.48. The second-order valence-electron chi connectivity index (χ2n) is 9.15. The van der Waals surface area contributed by atoms with E-state index in [-0.39, 0.29) is 17.0 Å². The lowest BCUT2D eigenvalue weighted by molar-refractivity contribution is -0.789. The zero-order chi connectivity index (χ0) is 21.7. The Balaban J connectivity index is 1.76. The quantitative estimate of drug-likeness (QED) is 0.624. The Kier molecular flexibility index (Phi) is 4.95. The predicted molar refractivity (Wildman–Crippen MR) is 120 cm³/mol. The number of nitrogens with one attached hydrogen (secondary N) is 1. The van der Waals surface area contributed by atoms with Crippen LogP contribution in [0.3, 0.4) is 0 Å². The molecule has 30 heavy (non-hydrogen) atoms. The highest BCUT2D eigenvalue weighted by Gasteiger charge is 2.45. The van der Waals surface area contributed by atoms with E-state index in [0.29, 0.717) is 16.1 Å². The van der Waals surface area contributed by atoms with E-state index in [0.717, 1.165) is 27.6 Å². The molecule has 0 spiro atoms. The van der Waals surface area contributed by atoms with Crippen molar-refractivity contribution < 1.29 is 19.6 Å². The highest BCUT2D eigenvalue weighted by Crippen LogP contribution is 2.42. The van der Waals surface area contributed by atoms with Crippen LogP contribution >= 0.6 is 11.3 Å². The molecule has 0 saturated carbocycles. The Morgan fingerprint density at radius 1 is 1.07 bits per heavy atom. The number of methoxy groups -OCH3 is 1. The molecule has 2 aromatic carbocycles. The zero-order valence-corrected chi connectivity index (χ0v) is 18.8. The molecule has 156 valence electrons. The van der Waals surface area contributed by atoms with Crippen molar-refractivity contribution in [1.29, 1.82) is 0 Å². The largest absolute Gasteiger partial charge is 0.465 e. The maximum absolute atomic E-state index is 13.1. The number of rotatable bonds is 3. The van der Waals surface area contributed by atoms with Gasteiger partial charge in [-0.1, -0.05) is 30.3 Å². The third-order valence-electron chi connectivity index (χ3n) is 5.60. The summed E-state index contributed by atoms with van der Waals surface area (Å²) in [6.45, 7) is 8.64. The van der Waals surface area contributed by atoms with Gasteiger partial charge in [0.15, 0.2) is 0 Å². The van der Waals surface area contributed by atoms with Crippen LogP contribution < -0.4 is 10.6 Å². The van der Waals surface area contributed by atoms with Gasteiger partial charge >= 0.3 is 5.97 Å². The molecule has 0 unspecified atom stereocenters. The first kappa shape index (κ1) is 20.6. The smallest absolute Gasteiger partial charge is 0.341 e. The monoisotopic (exact) mass is 423 g/mol. The average Bonchev–Trinajstić information content (AvgIpc) is 3.04. The summed E-state index contributed by atoms with van der Waals surface area (Å²) in [5.41, 5.74) is 1.78. The average molecular weight is 424 g/mol. The summed E-state index contributed by atoms with van der Waals surface area (Å²) in [7, 11) is 1.38. The van der Waals surface area contributed by atoms with Crippen LogP contribution in [0.4, 0.5) is 5.00 Å². The molecular weight excluding hydrogens is 396 g/mol. The fourth-order valence-corrected chi connectivity index (χ4v) is 5.89. The number of carbonyl (C=O) groups excluding carboxylic acids is 2. The molecular formula is C24H27N2O3S+. The first-order valence-electron chi connectivity index (χ1n) is 10.0. The van der Waals surface area contributed by atoms with Gasteiger partial charge in [-0.15, -0.1) is 11.3 Å². The minimum atomic E-state index is -0.408. The Morgan fingerprint density at radius 2 is 1.77 bits per heavy atom. The molecule has 2 heterocycles. The number of nitrogens with two attached hydrogens (primary N) is 1. The molecule has 4 rings (SSSR count). The van der Waals surface area contributed by atoms with E-state index in [4.69, 9.17) is 4.74 Å². The van der Waals surface area contributed by atoms with Gasteiger partial charge in [0.05, 0.1) is 23.1 Å². The van der Waals surface area contributed by atoms with Crippen LogP contribution in [0.1, 0.15) is 58.9 Å². The molecule has 0 aliphatic carbocycles. The van der Waals surface area contributed by atoms with Crippen molar-refractivity contribution in [2.24, 2.45) is 0 Å². The zero-order valence-electron chi connectivity index (χ0n) is 18.0. The van der Waals surface area contributed by atoms with E-state index in [9.17, 15) is 9.59 Å². The molecule has 5 nitrogen and oxygen atoms in total. The van der Waals surface area contributed by atoms with Crippen molar-refractivity contribution in [2.45, 2.75) is 45.2 Å². The molecule has 0 bridgehead atoms. The Labute approximate surface area is 180 Å². The minimum Gasteiger partial charge on any atom is -0.465 e. The molecule has 1 aliphatic heterocycles. The number of esters is 1. The molecule has 1 amide bonds. The number of ether oxygens (including phenoxy) is 1. The number of hydrogen-bond acceptors (Lipinski definition) is 4. The summed E-state index contributed by atoms with van der Waals surface area (Å²) in [6, 6.07) is 13.5. The van der Waals surface area contributed by atoms with E-state index in [1.54, 1.807) is 0 Å². The van der Waals surface area contributed by atoms with Crippen molar-refractivity contribution in [1.82, 2.24) is 0 Å². The van der Waals surface area contributed by atoms with Gasteiger partial charge in [0.1, 0.15) is 10.5 Å². The minimum absolute atomic E-state index is 0.0556. The number of hydrogen-bond donors (Lipinski definition) is 2. The number of thiophene rings is 1. The number of carbonyl (C=O) groups is 2. The normalized spacial score (nSPS) is 16.7. The number of fused-ring (bicyclic) bond motifs is 2.